The molecular weight excluding hydrogens is 482 g/mol. The van der Waals surface area contributed by atoms with Crippen LogP contribution in [0.25, 0.3) is 16.6 Å². The van der Waals surface area contributed by atoms with Gasteiger partial charge in [0.1, 0.15) is 22.9 Å². The molecule has 12 heteroatoms. The maximum absolute atomic E-state index is 12.9. The van der Waals surface area contributed by atoms with Gasteiger partial charge in [-0.15, -0.1) is 0 Å². The van der Waals surface area contributed by atoms with Crippen molar-refractivity contribution in [2.75, 3.05) is 20.2 Å². The molecule has 2 aliphatic rings. The summed E-state index contributed by atoms with van der Waals surface area (Å²) in [6, 6.07) is 3.98. The van der Waals surface area contributed by atoms with Crippen LogP contribution in [-0.4, -0.2) is 64.9 Å². The van der Waals surface area contributed by atoms with Gasteiger partial charge in [-0.2, -0.15) is 15.5 Å². The smallest absolute Gasteiger partial charge is 0.233 e. The quantitative estimate of drug-likeness (QED) is 0.515. The van der Waals surface area contributed by atoms with E-state index in [2.05, 4.69) is 27.6 Å². The number of methoxy groups -OCH3 is 1. The van der Waals surface area contributed by atoms with Gasteiger partial charge in [-0.3, -0.25) is 9.48 Å². The van der Waals surface area contributed by atoms with Crippen molar-refractivity contribution in [2.45, 2.75) is 37.8 Å². The number of piperidine rings is 1. The first-order valence-corrected chi connectivity index (χ1v) is 13.3. The van der Waals surface area contributed by atoms with Crippen LogP contribution in [0.3, 0.4) is 0 Å². The largest absolute Gasteiger partial charge is 0.494 e. The molecule has 1 saturated carbocycles. The van der Waals surface area contributed by atoms with Crippen LogP contribution in [0.5, 0.6) is 5.75 Å². The number of aromatic nitrogens is 4. The maximum atomic E-state index is 12.9. The molecule has 11 nitrogen and oxygen atoms in total. The van der Waals surface area contributed by atoms with Gasteiger partial charge in [-0.25, -0.2) is 17.7 Å². The lowest BCUT2D eigenvalue weighted by Gasteiger charge is -2.40. The molecule has 1 saturated heterocycles. The number of rotatable bonds is 7. The molecule has 1 aliphatic heterocycles. The van der Waals surface area contributed by atoms with E-state index in [1.807, 2.05) is 28.0 Å². The molecule has 0 unspecified atom stereocenters. The zero-order chi connectivity index (χ0) is 25.4. The minimum absolute atomic E-state index is 0.0972. The van der Waals surface area contributed by atoms with E-state index in [9.17, 15) is 18.5 Å². The second-order valence-electron chi connectivity index (χ2n) is 9.22. The predicted octanol–water partition coefficient (Wildman–Crippen LogP) is 2.08. The number of sulfonamides is 1. The van der Waals surface area contributed by atoms with Crippen molar-refractivity contribution in [1.82, 2.24) is 29.0 Å². The number of carbonyl (C=O) groups is 1. The van der Waals surface area contributed by atoms with Gasteiger partial charge in [-0.05, 0) is 31.7 Å². The lowest BCUT2D eigenvalue weighted by atomic mass is 9.79. The van der Waals surface area contributed by atoms with Crippen molar-refractivity contribution in [3.8, 4) is 22.9 Å². The average molecular weight is 510 g/mol. The molecule has 4 heterocycles. The Hall–Kier alpha value is -3.69. The second kappa shape index (κ2) is 9.40. The normalized spacial score (nSPS) is 20.6. The van der Waals surface area contributed by atoms with Gasteiger partial charge < -0.3 is 9.64 Å². The first-order chi connectivity index (χ1) is 17.3. The Kier molecular flexibility index (Phi) is 6.27. The summed E-state index contributed by atoms with van der Waals surface area (Å²) in [5, 5.41) is 19.1. The molecule has 5 rings (SSSR count). The number of carbonyl (C=O) groups excluding carboxylic acids is 1. The van der Waals surface area contributed by atoms with E-state index in [1.54, 1.807) is 17.8 Å². The highest BCUT2D eigenvalue weighted by Crippen LogP contribution is 2.33. The highest BCUT2D eigenvalue weighted by molar-refractivity contribution is 7.92. The first-order valence-electron chi connectivity index (χ1n) is 11.8. The van der Waals surface area contributed by atoms with Gasteiger partial charge in [-0.1, -0.05) is 6.58 Å². The van der Waals surface area contributed by atoms with Crippen molar-refractivity contribution in [3.63, 3.8) is 0 Å². The lowest BCUT2D eigenvalue weighted by molar-refractivity contribution is -0.140. The molecule has 3 aromatic heterocycles. The molecule has 3 aromatic rings. The lowest BCUT2D eigenvalue weighted by Crippen LogP contribution is -2.51. The standard InChI is InChI=1S/C24H27N7O4S/c1-3-36(33,34)28-20-8-16(9-20)24(32)29-6-4-21(5-7-29)30-15-19(13-26-30)17-10-22(35-2)23-18(11-25)12-27-31(23)14-17/h3,10,12-16,20-21,28H,1,4-9H2,2H3/t16-,20+. The number of pyridine rings is 1. The number of hydrogen-bond acceptors (Lipinski definition) is 7. The van der Waals surface area contributed by atoms with Gasteiger partial charge in [0.25, 0.3) is 0 Å². The zero-order valence-electron chi connectivity index (χ0n) is 19.9. The number of hydrogen-bond donors (Lipinski definition) is 1. The van der Waals surface area contributed by atoms with Crippen LogP contribution in [0.15, 0.2) is 42.8 Å². The van der Waals surface area contributed by atoms with Gasteiger partial charge in [0.2, 0.25) is 15.9 Å². The van der Waals surface area contributed by atoms with Crippen molar-refractivity contribution in [3.05, 3.63) is 48.4 Å². The summed E-state index contributed by atoms with van der Waals surface area (Å²) in [6.45, 7) is 4.58. The van der Waals surface area contributed by atoms with Crippen LogP contribution in [-0.2, 0) is 14.8 Å². The fourth-order valence-electron chi connectivity index (χ4n) is 4.97. The zero-order valence-corrected chi connectivity index (χ0v) is 20.7. The Bertz CT molecular complexity index is 1460. The van der Waals surface area contributed by atoms with Gasteiger partial charge >= 0.3 is 0 Å². The van der Waals surface area contributed by atoms with E-state index in [0.717, 1.165) is 29.4 Å². The third kappa shape index (κ3) is 4.47. The van der Waals surface area contributed by atoms with Crippen molar-refractivity contribution >= 4 is 21.4 Å². The molecule has 1 aliphatic carbocycles. The Labute approximate surface area is 209 Å². The van der Waals surface area contributed by atoms with Gasteiger partial charge in [0.05, 0.1) is 25.5 Å². The van der Waals surface area contributed by atoms with Gasteiger partial charge in [0.15, 0.2) is 0 Å². The van der Waals surface area contributed by atoms with Crippen LogP contribution in [0.4, 0.5) is 0 Å². The van der Waals surface area contributed by atoms with Crippen LogP contribution in [0.1, 0.15) is 37.3 Å². The van der Waals surface area contributed by atoms with Gasteiger partial charge in [0, 0.05) is 54.0 Å². The predicted molar refractivity (Wildman–Crippen MR) is 131 cm³/mol. The molecule has 0 atom stereocenters. The number of fused-ring (bicyclic) bond motifs is 1. The number of likely N-dealkylation sites (tertiary alicyclic amines) is 1. The summed E-state index contributed by atoms with van der Waals surface area (Å²) in [5.74, 6) is 0.528. The SMILES string of the molecule is C=CS(=O)(=O)N[C@H]1C[C@@H](C(=O)N2CCC(n3cc(-c4cc(OC)c5c(C#N)cnn5c4)cn3)CC2)C1. The van der Waals surface area contributed by atoms with E-state index < -0.39 is 10.0 Å². The minimum atomic E-state index is -3.47. The molecule has 1 N–H and O–H groups in total. The van der Waals surface area contributed by atoms with Crippen molar-refractivity contribution in [1.29, 1.82) is 5.26 Å². The average Bonchev–Trinajstić information content (AvgIpc) is 3.52. The molecular formula is C24H27N7O4S. The summed E-state index contributed by atoms with van der Waals surface area (Å²) in [5.41, 5.74) is 2.86. The van der Waals surface area contributed by atoms with E-state index in [-0.39, 0.29) is 23.9 Å². The molecule has 2 fully saturated rings. The molecule has 36 heavy (non-hydrogen) atoms. The molecule has 1 amide bonds. The van der Waals surface area contributed by atoms with Crippen LogP contribution >= 0.6 is 0 Å². The molecule has 0 bridgehead atoms. The Morgan fingerprint density at radius 3 is 2.64 bits per heavy atom. The van der Waals surface area contributed by atoms with E-state index in [4.69, 9.17) is 4.74 Å². The molecule has 0 aromatic carbocycles. The Morgan fingerprint density at radius 2 is 1.97 bits per heavy atom. The van der Waals surface area contributed by atoms with Crippen LogP contribution in [0, 0.1) is 17.2 Å². The number of ether oxygens (including phenoxy) is 1. The Morgan fingerprint density at radius 1 is 1.22 bits per heavy atom. The minimum Gasteiger partial charge on any atom is -0.494 e. The fraction of sp³-hybridized carbons (Fsp3) is 0.417. The summed E-state index contributed by atoms with van der Waals surface area (Å²) < 4.78 is 34.8. The molecule has 188 valence electrons. The topological polar surface area (TPSA) is 135 Å². The summed E-state index contributed by atoms with van der Waals surface area (Å²) in [6.07, 6.45) is 9.78. The van der Waals surface area contributed by atoms with E-state index in [0.29, 0.717) is 42.8 Å². The third-order valence-corrected chi connectivity index (χ3v) is 8.14. The number of nitrogens with one attached hydrogen (secondary N) is 1. The highest BCUT2D eigenvalue weighted by Gasteiger charge is 2.39. The van der Waals surface area contributed by atoms with Crippen molar-refractivity contribution in [2.24, 2.45) is 5.92 Å². The fourth-order valence-corrected chi connectivity index (χ4v) is 5.72. The monoisotopic (exact) mass is 509 g/mol. The first kappa shape index (κ1) is 24.0. The van der Waals surface area contributed by atoms with E-state index >= 15 is 0 Å². The summed E-state index contributed by atoms with van der Waals surface area (Å²) in [7, 11) is -1.91. The van der Waals surface area contributed by atoms with Crippen LogP contribution < -0.4 is 9.46 Å². The maximum Gasteiger partial charge on any atom is 0.233 e. The van der Waals surface area contributed by atoms with E-state index in [1.165, 1.54) is 6.20 Å². The molecule has 0 spiro atoms. The number of amides is 1. The number of nitrogens with zero attached hydrogens (tertiary/aromatic N) is 6. The third-order valence-electron chi connectivity index (χ3n) is 7.04. The van der Waals surface area contributed by atoms with Crippen LogP contribution in [0.2, 0.25) is 0 Å². The second-order valence-corrected chi connectivity index (χ2v) is 10.9. The van der Waals surface area contributed by atoms with Crippen molar-refractivity contribution < 1.29 is 17.9 Å². The summed E-state index contributed by atoms with van der Waals surface area (Å²) in [4.78, 5) is 14.7. The Balaban J connectivity index is 1.20. The summed E-state index contributed by atoms with van der Waals surface area (Å²) >= 11 is 0. The molecule has 0 radical (unpaired) electrons. The number of nitriles is 1. The highest BCUT2D eigenvalue weighted by atomic mass is 32.2.